The molecular weight excluding hydrogens is 224 g/mol. The van der Waals surface area contributed by atoms with Crippen molar-refractivity contribution >= 4 is 10.9 Å². The van der Waals surface area contributed by atoms with Crippen molar-refractivity contribution in [1.29, 1.82) is 0 Å². The van der Waals surface area contributed by atoms with Gasteiger partial charge in [-0.2, -0.15) is 0 Å². The Balaban J connectivity index is 1.84. The van der Waals surface area contributed by atoms with E-state index in [1.54, 1.807) is 6.07 Å². The second-order valence-corrected chi connectivity index (χ2v) is 5.33. The molecule has 2 N–H and O–H groups in total. The molecule has 2 aromatic rings. The third-order valence-corrected chi connectivity index (χ3v) is 3.99. The Kier molecular flexibility index (Phi) is 3.00. The number of phenolic OH excluding ortho intramolecular Hbond substituents is 1. The van der Waals surface area contributed by atoms with Gasteiger partial charge in [-0.3, -0.25) is 0 Å². The lowest BCUT2D eigenvalue weighted by Gasteiger charge is -2.10. The van der Waals surface area contributed by atoms with Gasteiger partial charge in [-0.15, -0.1) is 0 Å². The summed E-state index contributed by atoms with van der Waals surface area (Å²) < 4.78 is 2.13. The summed E-state index contributed by atoms with van der Waals surface area (Å²) in [6, 6.07) is 6.26. The van der Waals surface area contributed by atoms with Crippen LogP contribution in [0.1, 0.15) is 31.2 Å². The molecule has 1 aromatic heterocycles. The van der Waals surface area contributed by atoms with Crippen LogP contribution in [0.5, 0.6) is 5.75 Å². The Morgan fingerprint density at radius 1 is 1.33 bits per heavy atom. The van der Waals surface area contributed by atoms with Crippen LogP contribution in [0.15, 0.2) is 24.4 Å². The molecule has 1 saturated carbocycles. The van der Waals surface area contributed by atoms with E-state index in [4.69, 9.17) is 0 Å². The number of phenols is 1. The molecule has 0 radical (unpaired) electrons. The highest BCUT2D eigenvalue weighted by molar-refractivity contribution is 5.85. The molecule has 1 aliphatic carbocycles. The monoisotopic (exact) mass is 244 g/mol. The molecule has 0 spiro atoms. The third-order valence-electron chi connectivity index (χ3n) is 3.99. The average Bonchev–Trinajstić information content (AvgIpc) is 2.95. The average molecular weight is 244 g/mol. The molecule has 3 heteroatoms. The van der Waals surface area contributed by atoms with E-state index in [1.165, 1.54) is 36.8 Å². The Hall–Kier alpha value is -1.48. The van der Waals surface area contributed by atoms with Crippen LogP contribution >= 0.6 is 0 Å². The maximum atomic E-state index is 9.61. The number of aromatic hydroxyl groups is 1. The molecule has 1 aromatic carbocycles. The fraction of sp³-hybridized carbons (Fsp3) is 0.467. The maximum Gasteiger partial charge on any atom is 0.116 e. The predicted molar refractivity (Wildman–Crippen MR) is 73.7 cm³/mol. The zero-order valence-electron chi connectivity index (χ0n) is 10.8. The summed E-state index contributed by atoms with van der Waals surface area (Å²) >= 11 is 0. The van der Waals surface area contributed by atoms with Gasteiger partial charge in [0.15, 0.2) is 0 Å². The minimum atomic E-state index is 0.343. The second kappa shape index (κ2) is 4.65. The summed E-state index contributed by atoms with van der Waals surface area (Å²) in [6.45, 7) is 0.894. The van der Waals surface area contributed by atoms with Gasteiger partial charge in [-0.05, 0) is 36.6 Å². The predicted octanol–water partition coefficient (Wildman–Crippen LogP) is 2.92. The number of nitrogens with one attached hydrogen (secondary N) is 1. The van der Waals surface area contributed by atoms with Crippen LogP contribution in [-0.2, 0) is 13.6 Å². The van der Waals surface area contributed by atoms with Crippen LogP contribution < -0.4 is 5.32 Å². The SMILES string of the molecule is Cn1cc(CNC2CCCC2)c2cc(O)ccc21. The molecule has 0 atom stereocenters. The van der Waals surface area contributed by atoms with Crippen molar-refractivity contribution < 1.29 is 5.11 Å². The number of fused-ring (bicyclic) bond motifs is 1. The first kappa shape index (κ1) is 11.6. The molecule has 3 rings (SSSR count). The van der Waals surface area contributed by atoms with E-state index in [9.17, 15) is 5.11 Å². The van der Waals surface area contributed by atoms with Crippen LogP contribution in [0, 0.1) is 0 Å². The number of aromatic nitrogens is 1. The number of benzene rings is 1. The second-order valence-electron chi connectivity index (χ2n) is 5.33. The maximum absolute atomic E-state index is 9.61. The Bertz CT molecular complexity index is 553. The quantitative estimate of drug-likeness (QED) is 0.871. The molecule has 0 amide bonds. The van der Waals surface area contributed by atoms with Gasteiger partial charge in [-0.1, -0.05) is 12.8 Å². The fourth-order valence-corrected chi connectivity index (χ4v) is 2.99. The molecule has 0 aliphatic heterocycles. The molecule has 0 bridgehead atoms. The number of aryl methyl sites for hydroxylation is 1. The van der Waals surface area contributed by atoms with Gasteiger partial charge >= 0.3 is 0 Å². The first-order valence-corrected chi connectivity index (χ1v) is 6.74. The molecule has 1 aliphatic rings. The van der Waals surface area contributed by atoms with E-state index in [2.05, 4.69) is 23.1 Å². The molecule has 1 heterocycles. The van der Waals surface area contributed by atoms with Gasteiger partial charge in [0.05, 0.1) is 0 Å². The highest BCUT2D eigenvalue weighted by atomic mass is 16.3. The van der Waals surface area contributed by atoms with E-state index in [-0.39, 0.29) is 0 Å². The molecule has 0 saturated heterocycles. The van der Waals surface area contributed by atoms with Crippen molar-refractivity contribution in [3.05, 3.63) is 30.0 Å². The van der Waals surface area contributed by atoms with Crippen molar-refractivity contribution in [2.75, 3.05) is 0 Å². The minimum absolute atomic E-state index is 0.343. The summed E-state index contributed by atoms with van der Waals surface area (Å²) in [4.78, 5) is 0. The standard InChI is InChI=1S/C15H20N2O/c1-17-10-11(9-16-12-4-2-3-5-12)14-8-13(18)6-7-15(14)17/h6-8,10,12,16,18H,2-5,9H2,1H3. The van der Waals surface area contributed by atoms with E-state index in [1.807, 2.05) is 12.1 Å². The lowest BCUT2D eigenvalue weighted by atomic mass is 10.1. The third kappa shape index (κ3) is 2.10. The van der Waals surface area contributed by atoms with Gasteiger partial charge in [-0.25, -0.2) is 0 Å². The van der Waals surface area contributed by atoms with E-state index in [0.717, 1.165) is 11.9 Å². The summed E-state index contributed by atoms with van der Waals surface area (Å²) in [7, 11) is 2.05. The molecule has 96 valence electrons. The normalized spacial score (nSPS) is 16.7. The van der Waals surface area contributed by atoms with E-state index >= 15 is 0 Å². The Labute approximate surface area is 107 Å². The topological polar surface area (TPSA) is 37.2 Å². The zero-order valence-corrected chi connectivity index (χ0v) is 10.8. The van der Waals surface area contributed by atoms with Crippen LogP contribution in [0.4, 0.5) is 0 Å². The molecular formula is C15H20N2O. The molecule has 0 unspecified atom stereocenters. The van der Waals surface area contributed by atoms with Crippen molar-refractivity contribution in [3.8, 4) is 5.75 Å². The zero-order chi connectivity index (χ0) is 12.5. The van der Waals surface area contributed by atoms with E-state index in [0.29, 0.717) is 11.8 Å². The van der Waals surface area contributed by atoms with Gasteiger partial charge < -0.3 is 15.0 Å². The van der Waals surface area contributed by atoms with Crippen molar-refractivity contribution in [1.82, 2.24) is 9.88 Å². The number of hydrogen-bond donors (Lipinski definition) is 2. The summed E-state index contributed by atoms with van der Waals surface area (Å²) in [6.07, 6.45) is 7.47. The Morgan fingerprint density at radius 3 is 2.89 bits per heavy atom. The highest BCUT2D eigenvalue weighted by Crippen LogP contribution is 2.25. The fourth-order valence-electron chi connectivity index (χ4n) is 2.99. The minimum Gasteiger partial charge on any atom is -0.508 e. The van der Waals surface area contributed by atoms with Crippen LogP contribution in [-0.4, -0.2) is 15.7 Å². The summed E-state index contributed by atoms with van der Waals surface area (Å²) in [5, 5.41) is 14.4. The van der Waals surface area contributed by atoms with E-state index < -0.39 is 0 Å². The molecule has 1 fully saturated rings. The van der Waals surface area contributed by atoms with Crippen LogP contribution in [0.3, 0.4) is 0 Å². The summed E-state index contributed by atoms with van der Waals surface area (Å²) in [5.41, 5.74) is 2.45. The molecule has 3 nitrogen and oxygen atoms in total. The summed E-state index contributed by atoms with van der Waals surface area (Å²) in [5.74, 6) is 0.343. The van der Waals surface area contributed by atoms with Crippen molar-refractivity contribution in [2.45, 2.75) is 38.3 Å². The Morgan fingerprint density at radius 2 is 2.11 bits per heavy atom. The number of nitrogens with zero attached hydrogens (tertiary/aromatic N) is 1. The van der Waals surface area contributed by atoms with Gasteiger partial charge in [0, 0.05) is 36.7 Å². The van der Waals surface area contributed by atoms with Crippen LogP contribution in [0.25, 0.3) is 10.9 Å². The highest BCUT2D eigenvalue weighted by Gasteiger charge is 2.15. The largest absolute Gasteiger partial charge is 0.508 e. The van der Waals surface area contributed by atoms with Gasteiger partial charge in [0.25, 0.3) is 0 Å². The first-order chi connectivity index (χ1) is 8.74. The van der Waals surface area contributed by atoms with Crippen molar-refractivity contribution in [2.24, 2.45) is 7.05 Å². The van der Waals surface area contributed by atoms with Gasteiger partial charge in [0.2, 0.25) is 0 Å². The molecule has 18 heavy (non-hydrogen) atoms. The van der Waals surface area contributed by atoms with Gasteiger partial charge in [0.1, 0.15) is 5.75 Å². The number of rotatable bonds is 3. The van der Waals surface area contributed by atoms with Crippen LogP contribution in [0.2, 0.25) is 0 Å². The lowest BCUT2D eigenvalue weighted by Crippen LogP contribution is -2.25. The first-order valence-electron chi connectivity index (χ1n) is 6.74. The van der Waals surface area contributed by atoms with Crippen molar-refractivity contribution in [3.63, 3.8) is 0 Å². The smallest absolute Gasteiger partial charge is 0.116 e. The lowest BCUT2D eigenvalue weighted by molar-refractivity contribution is 0.476. The number of hydrogen-bond acceptors (Lipinski definition) is 2.